The zero-order valence-corrected chi connectivity index (χ0v) is 18.0. The van der Waals surface area contributed by atoms with E-state index >= 15 is 0 Å². The molecule has 30 heavy (non-hydrogen) atoms. The second-order valence-electron chi connectivity index (χ2n) is 7.52. The Hall–Kier alpha value is -2.98. The number of ether oxygens (including phenoxy) is 1. The lowest BCUT2D eigenvalue weighted by Gasteiger charge is -2.38. The van der Waals surface area contributed by atoms with Crippen molar-refractivity contribution >= 4 is 17.1 Å². The Bertz CT molecular complexity index is 966. The molecule has 0 amide bonds. The van der Waals surface area contributed by atoms with Gasteiger partial charge < -0.3 is 19.6 Å². The molecule has 0 spiro atoms. The minimum absolute atomic E-state index is 0.0769. The number of rotatable bonds is 7. The molecule has 0 aromatic heterocycles. The van der Waals surface area contributed by atoms with Crippen LogP contribution in [0.1, 0.15) is 36.5 Å². The second-order valence-corrected chi connectivity index (χ2v) is 7.52. The number of para-hydroxylation sites is 2. The summed E-state index contributed by atoms with van der Waals surface area (Å²) in [5.41, 5.74) is 7.10. The van der Waals surface area contributed by atoms with Crippen LogP contribution in [0.15, 0.2) is 66.7 Å². The Morgan fingerprint density at radius 2 is 1.47 bits per heavy atom. The number of hydrogen-bond donors (Lipinski definition) is 1. The van der Waals surface area contributed by atoms with Gasteiger partial charge in [0.2, 0.25) is 0 Å². The molecule has 0 aliphatic carbocycles. The predicted octanol–water partition coefficient (Wildman–Crippen LogP) is 5.17. The molecule has 4 nitrogen and oxygen atoms in total. The second kappa shape index (κ2) is 8.80. The van der Waals surface area contributed by atoms with E-state index in [1.165, 1.54) is 16.8 Å². The van der Waals surface area contributed by atoms with E-state index in [2.05, 4.69) is 90.4 Å². The van der Waals surface area contributed by atoms with Crippen LogP contribution in [-0.4, -0.2) is 38.5 Å². The number of methoxy groups -OCH3 is 1. The van der Waals surface area contributed by atoms with Gasteiger partial charge in [-0.25, -0.2) is 0 Å². The average molecular weight is 403 g/mol. The fraction of sp³-hybridized carbons (Fsp3) is 0.308. The summed E-state index contributed by atoms with van der Waals surface area (Å²) in [7, 11) is 1.75. The Balaban J connectivity index is 1.90. The minimum Gasteiger partial charge on any atom is -0.496 e. The number of aliphatic hydroxyl groups is 1. The van der Waals surface area contributed by atoms with Crippen molar-refractivity contribution in [2.45, 2.75) is 19.8 Å². The molecule has 0 saturated heterocycles. The third kappa shape index (κ3) is 3.41. The van der Waals surface area contributed by atoms with Crippen molar-refractivity contribution in [3.05, 3.63) is 83.4 Å². The van der Waals surface area contributed by atoms with Gasteiger partial charge in [-0.05, 0) is 43.2 Å². The molecule has 1 heterocycles. The third-order valence-electron chi connectivity index (χ3n) is 6.06. The molecule has 0 saturated carbocycles. The van der Waals surface area contributed by atoms with E-state index < -0.39 is 0 Å². The average Bonchev–Trinajstić information content (AvgIpc) is 2.80. The van der Waals surface area contributed by atoms with Gasteiger partial charge in [0.05, 0.1) is 13.7 Å². The number of nitrogens with zero attached hydrogens (tertiary/aromatic N) is 2. The van der Waals surface area contributed by atoms with Crippen LogP contribution in [0, 0.1) is 0 Å². The van der Waals surface area contributed by atoms with Crippen LogP contribution in [-0.2, 0) is 0 Å². The SMILES string of the molecule is CCN(CC)c1ccc(C2c3ccccc3N(CCO)c3ccccc32)c(OC)c1. The molecular weight excluding hydrogens is 372 g/mol. The van der Waals surface area contributed by atoms with E-state index in [-0.39, 0.29) is 12.5 Å². The molecule has 3 aromatic carbocycles. The maximum Gasteiger partial charge on any atom is 0.125 e. The van der Waals surface area contributed by atoms with Crippen LogP contribution in [0.2, 0.25) is 0 Å². The summed E-state index contributed by atoms with van der Waals surface area (Å²) in [6, 6.07) is 23.6. The molecule has 1 aliphatic heterocycles. The summed E-state index contributed by atoms with van der Waals surface area (Å²) in [6.45, 7) is 6.95. The predicted molar refractivity (Wildman–Crippen MR) is 124 cm³/mol. The highest BCUT2D eigenvalue weighted by Gasteiger charge is 2.32. The standard InChI is InChI=1S/C26H30N2O2/c1-4-27(5-2)19-14-15-22(25(18-19)30-3)26-20-10-6-8-12-23(20)28(16-17-29)24-13-9-7-11-21(24)26/h6-15,18,26,29H,4-5,16-17H2,1-3H3. The quantitative estimate of drug-likeness (QED) is 0.592. The van der Waals surface area contributed by atoms with Crippen molar-refractivity contribution in [3.8, 4) is 5.75 Å². The Labute approximate surface area is 179 Å². The number of fused-ring (bicyclic) bond motifs is 2. The first-order valence-electron chi connectivity index (χ1n) is 10.7. The first-order chi connectivity index (χ1) is 14.7. The molecule has 156 valence electrons. The molecule has 0 atom stereocenters. The van der Waals surface area contributed by atoms with Gasteiger partial charge >= 0.3 is 0 Å². The zero-order valence-electron chi connectivity index (χ0n) is 18.0. The van der Waals surface area contributed by atoms with Gasteiger partial charge in [0.25, 0.3) is 0 Å². The molecule has 0 bridgehead atoms. The molecule has 4 heteroatoms. The fourth-order valence-electron chi connectivity index (χ4n) is 4.65. The lowest BCUT2D eigenvalue weighted by molar-refractivity contribution is 0.305. The van der Waals surface area contributed by atoms with Crippen LogP contribution in [0.25, 0.3) is 0 Å². The van der Waals surface area contributed by atoms with E-state index in [1.54, 1.807) is 7.11 Å². The van der Waals surface area contributed by atoms with E-state index in [1.807, 2.05) is 0 Å². The van der Waals surface area contributed by atoms with Gasteiger partial charge in [0.15, 0.2) is 0 Å². The fourth-order valence-corrected chi connectivity index (χ4v) is 4.65. The zero-order chi connectivity index (χ0) is 21.1. The van der Waals surface area contributed by atoms with E-state index in [4.69, 9.17) is 4.74 Å². The Morgan fingerprint density at radius 3 is 2.00 bits per heavy atom. The Kier molecular flexibility index (Phi) is 5.96. The highest BCUT2D eigenvalue weighted by atomic mass is 16.5. The Morgan fingerprint density at radius 1 is 0.867 bits per heavy atom. The normalized spacial score (nSPS) is 13.0. The molecule has 0 radical (unpaired) electrons. The molecule has 1 aliphatic rings. The molecule has 1 N–H and O–H groups in total. The summed E-state index contributed by atoms with van der Waals surface area (Å²) >= 11 is 0. The maximum atomic E-state index is 9.70. The first-order valence-corrected chi connectivity index (χ1v) is 10.7. The lowest BCUT2D eigenvalue weighted by Crippen LogP contribution is -2.28. The van der Waals surface area contributed by atoms with Crippen molar-refractivity contribution in [1.29, 1.82) is 0 Å². The summed E-state index contributed by atoms with van der Waals surface area (Å²) in [5, 5.41) is 9.70. The summed E-state index contributed by atoms with van der Waals surface area (Å²) in [4.78, 5) is 4.55. The van der Waals surface area contributed by atoms with Crippen LogP contribution in [0.4, 0.5) is 17.1 Å². The van der Waals surface area contributed by atoms with Gasteiger partial charge in [-0.3, -0.25) is 0 Å². The minimum atomic E-state index is 0.0769. The van der Waals surface area contributed by atoms with Crippen LogP contribution < -0.4 is 14.5 Å². The largest absolute Gasteiger partial charge is 0.496 e. The molecule has 0 fully saturated rings. The lowest BCUT2D eigenvalue weighted by atomic mass is 9.80. The van der Waals surface area contributed by atoms with Crippen LogP contribution >= 0.6 is 0 Å². The van der Waals surface area contributed by atoms with Gasteiger partial charge in [-0.2, -0.15) is 0 Å². The molecule has 3 aromatic rings. The third-order valence-corrected chi connectivity index (χ3v) is 6.06. The summed E-state index contributed by atoms with van der Waals surface area (Å²) in [5.74, 6) is 0.984. The highest BCUT2D eigenvalue weighted by Crippen LogP contribution is 2.50. The number of anilines is 3. The van der Waals surface area contributed by atoms with E-state index in [9.17, 15) is 5.11 Å². The summed E-state index contributed by atoms with van der Waals surface area (Å²) < 4.78 is 5.90. The monoisotopic (exact) mass is 402 g/mol. The molecular formula is C26H30N2O2. The van der Waals surface area contributed by atoms with Gasteiger partial charge in [-0.15, -0.1) is 0 Å². The number of hydrogen-bond acceptors (Lipinski definition) is 4. The van der Waals surface area contributed by atoms with Crippen molar-refractivity contribution in [2.24, 2.45) is 0 Å². The topological polar surface area (TPSA) is 35.9 Å². The van der Waals surface area contributed by atoms with Gasteiger partial charge in [-0.1, -0.05) is 42.5 Å². The molecule has 0 unspecified atom stereocenters. The van der Waals surface area contributed by atoms with Crippen molar-refractivity contribution < 1.29 is 9.84 Å². The first kappa shape index (κ1) is 20.3. The number of aliphatic hydroxyl groups excluding tert-OH is 1. The number of β-amino-alcohol motifs (C(OH)–C–C–N with tert-alkyl or cyclic N) is 1. The van der Waals surface area contributed by atoms with Crippen LogP contribution in [0.5, 0.6) is 5.75 Å². The van der Waals surface area contributed by atoms with Gasteiger partial charge in [0.1, 0.15) is 5.75 Å². The van der Waals surface area contributed by atoms with E-state index in [0.29, 0.717) is 6.54 Å². The van der Waals surface area contributed by atoms with Crippen molar-refractivity contribution in [3.63, 3.8) is 0 Å². The van der Waals surface area contributed by atoms with E-state index in [0.717, 1.165) is 35.8 Å². The van der Waals surface area contributed by atoms with Crippen molar-refractivity contribution in [1.82, 2.24) is 0 Å². The van der Waals surface area contributed by atoms with Gasteiger partial charge in [0, 0.05) is 54.2 Å². The highest BCUT2D eigenvalue weighted by molar-refractivity contribution is 5.78. The molecule has 4 rings (SSSR count). The summed E-state index contributed by atoms with van der Waals surface area (Å²) in [6.07, 6.45) is 0. The van der Waals surface area contributed by atoms with Crippen LogP contribution in [0.3, 0.4) is 0 Å². The van der Waals surface area contributed by atoms with Crippen molar-refractivity contribution in [2.75, 3.05) is 43.2 Å². The maximum absolute atomic E-state index is 9.70. The smallest absolute Gasteiger partial charge is 0.125 e. The number of benzene rings is 3.